The van der Waals surface area contributed by atoms with Gasteiger partial charge in [-0.15, -0.1) is 11.3 Å². The Bertz CT molecular complexity index is 1100. The van der Waals surface area contributed by atoms with Crippen LogP contribution in [0.1, 0.15) is 39.4 Å². The molecule has 1 aromatic carbocycles. The van der Waals surface area contributed by atoms with Crippen LogP contribution in [0.15, 0.2) is 45.8 Å². The summed E-state index contributed by atoms with van der Waals surface area (Å²) in [7, 11) is 0. The zero-order valence-electron chi connectivity index (χ0n) is 14.9. The number of primary amides is 1. The zero-order chi connectivity index (χ0) is 19.7. The molecule has 0 spiro atoms. The Kier molecular flexibility index (Phi) is 4.79. The van der Waals surface area contributed by atoms with Gasteiger partial charge in [-0.1, -0.05) is 12.1 Å². The van der Waals surface area contributed by atoms with Crippen LogP contribution in [0, 0.1) is 10.1 Å². The SMILES string of the molecule is NC(=O)c1c(N=Cc2ccc(-c3cccc([N+](=O)[O-])c3)o2)sc2c1CCCC2. The molecule has 0 saturated heterocycles. The normalized spacial score (nSPS) is 13.6. The maximum absolute atomic E-state index is 11.9. The lowest BCUT2D eigenvalue weighted by molar-refractivity contribution is -0.384. The maximum atomic E-state index is 11.9. The molecule has 0 saturated carbocycles. The lowest BCUT2D eigenvalue weighted by Gasteiger charge is -2.10. The molecule has 0 unspecified atom stereocenters. The van der Waals surface area contributed by atoms with Crippen LogP contribution in [0.5, 0.6) is 0 Å². The lowest BCUT2D eigenvalue weighted by atomic mass is 9.95. The molecule has 1 aliphatic rings. The summed E-state index contributed by atoms with van der Waals surface area (Å²) in [6.07, 6.45) is 5.52. The lowest BCUT2D eigenvalue weighted by Crippen LogP contribution is -2.14. The van der Waals surface area contributed by atoms with E-state index in [1.54, 1.807) is 30.5 Å². The monoisotopic (exact) mass is 395 g/mol. The van der Waals surface area contributed by atoms with Crippen LogP contribution in [-0.4, -0.2) is 17.0 Å². The molecule has 3 aromatic rings. The van der Waals surface area contributed by atoms with Gasteiger partial charge in [0.2, 0.25) is 0 Å². The summed E-state index contributed by atoms with van der Waals surface area (Å²) in [6.45, 7) is 0. The third-order valence-corrected chi connectivity index (χ3v) is 5.88. The van der Waals surface area contributed by atoms with Gasteiger partial charge >= 0.3 is 0 Å². The number of rotatable bonds is 5. The highest BCUT2D eigenvalue weighted by Crippen LogP contribution is 2.39. The van der Waals surface area contributed by atoms with Gasteiger partial charge in [-0.05, 0) is 43.4 Å². The van der Waals surface area contributed by atoms with Crippen molar-refractivity contribution in [2.24, 2.45) is 10.7 Å². The highest BCUT2D eigenvalue weighted by molar-refractivity contribution is 7.16. The predicted octanol–water partition coefficient (Wildman–Crippen LogP) is 4.64. The number of carbonyl (C=O) groups is 1. The molecule has 2 heterocycles. The molecule has 2 aromatic heterocycles. The molecule has 0 fully saturated rings. The number of hydrogen-bond acceptors (Lipinski definition) is 6. The van der Waals surface area contributed by atoms with E-state index in [1.165, 1.54) is 28.3 Å². The van der Waals surface area contributed by atoms with E-state index in [4.69, 9.17) is 10.2 Å². The van der Waals surface area contributed by atoms with Gasteiger partial charge in [-0.25, -0.2) is 4.99 Å². The molecule has 28 heavy (non-hydrogen) atoms. The van der Waals surface area contributed by atoms with E-state index < -0.39 is 10.8 Å². The minimum Gasteiger partial charge on any atom is -0.455 e. The number of aliphatic imine (C=N–C) groups is 1. The number of nitro benzene ring substituents is 1. The topological polar surface area (TPSA) is 112 Å². The second-order valence-electron chi connectivity index (χ2n) is 6.52. The van der Waals surface area contributed by atoms with Crippen molar-refractivity contribution >= 4 is 34.1 Å². The Labute approximate surface area is 164 Å². The van der Waals surface area contributed by atoms with Crippen LogP contribution >= 0.6 is 11.3 Å². The van der Waals surface area contributed by atoms with E-state index >= 15 is 0 Å². The number of carbonyl (C=O) groups excluding carboxylic acids is 1. The van der Waals surface area contributed by atoms with Gasteiger partial charge in [0.1, 0.15) is 16.5 Å². The number of furan rings is 1. The standard InChI is InChI=1S/C20H17N3O4S/c21-19(24)18-15-6-1-2-7-17(15)28-20(18)22-11-14-8-9-16(27-14)12-4-3-5-13(10-12)23(25)26/h3-5,8-11H,1-2,6-7H2,(H2,21,24). The average Bonchev–Trinajstić information content (AvgIpc) is 3.30. The van der Waals surface area contributed by atoms with E-state index in [9.17, 15) is 14.9 Å². The molecule has 2 N–H and O–H groups in total. The molecule has 1 amide bonds. The van der Waals surface area contributed by atoms with E-state index in [1.807, 2.05) is 0 Å². The van der Waals surface area contributed by atoms with E-state index in [0.717, 1.165) is 31.2 Å². The van der Waals surface area contributed by atoms with Crippen molar-refractivity contribution in [3.05, 3.63) is 68.3 Å². The van der Waals surface area contributed by atoms with Crippen molar-refractivity contribution in [3.63, 3.8) is 0 Å². The van der Waals surface area contributed by atoms with Crippen LogP contribution in [0.25, 0.3) is 11.3 Å². The number of hydrogen-bond donors (Lipinski definition) is 1. The fourth-order valence-corrected chi connectivity index (χ4v) is 4.61. The predicted molar refractivity (Wildman–Crippen MR) is 108 cm³/mol. The van der Waals surface area contributed by atoms with Crippen molar-refractivity contribution in [2.75, 3.05) is 0 Å². The Morgan fingerprint density at radius 3 is 2.86 bits per heavy atom. The third-order valence-electron chi connectivity index (χ3n) is 4.68. The molecule has 0 bridgehead atoms. The second kappa shape index (κ2) is 7.40. The average molecular weight is 395 g/mol. The fourth-order valence-electron chi connectivity index (χ4n) is 3.37. The van der Waals surface area contributed by atoms with Crippen LogP contribution < -0.4 is 5.73 Å². The van der Waals surface area contributed by atoms with E-state index in [-0.39, 0.29) is 5.69 Å². The van der Waals surface area contributed by atoms with Crippen molar-refractivity contribution in [2.45, 2.75) is 25.7 Å². The summed E-state index contributed by atoms with van der Waals surface area (Å²) in [5, 5.41) is 11.5. The van der Waals surface area contributed by atoms with Gasteiger partial charge in [0.25, 0.3) is 11.6 Å². The van der Waals surface area contributed by atoms with E-state index in [0.29, 0.717) is 27.6 Å². The summed E-state index contributed by atoms with van der Waals surface area (Å²) in [5.74, 6) is 0.539. The van der Waals surface area contributed by atoms with Crippen molar-refractivity contribution in [3.8, 4) is 11.3 Å². The maximum Gasteiger partial charge on any atom is 0.270 e. The molecule has 0 atom stereocenters. The molecular formula is C20H17N3O4S. The highest BCUT2D eigenvalue weighted by Gasteiger charge is 2.23. The van der Waals surface area contributed by atoms with Crippen LogP contribution in [0.3, 0.4) is 0 Å². The Morgan fingerprint density at radius 2 is 2.07 bits per heavy atom. The first-order valence-corrected chi connectivity index (χ1v) is 9.67. The van der Waals surface area contributed by atoms with Crippen LogP contribution in [0.4, 0.5) is 10.7 Å². The summed E-state index contributed by atoms with van der Waals surface area (Å²) in [4.78, 5) is 28.0. The number of nitrogens with two attached hydrogens (primary N) is 1. The number of aryl methyl sites for hydroxylation is 1. The number of nitrogens with zero attached hydrogens (tertiary/aromatic N) is 2. The van der Waals surface area contributed by atoms with Gasteiger partial charge < -0.3 is 10.2 Å². The highest BCUT2D eigenvalue weighted by atomic mass is 32.1. The fraction of sp³-hybridized carbons (Fsp3) is 0.200. The van der Waals surface area contributed by atoms with E-state index in [2.05, 4.69) is 4.99 Å². The molecule has 8 heteroatoms. The van der Waals surface area contributed by atoms with Gasteiger partial charge in [0.05, 0.1) is 16.7 Å². The van der Waals surface area contributed by atoms with Crippen LogP contribution in [0.2, 0.25) is 0 Å². The van der Waals surface area contributed by atoms with Crippen molar-refractivity contribution in [1.29, 1.82) is 0 Å². The van der Waals surface area contributed by atoms with Crippen LogP contribution in [-0.2, 0) is 12.8 Å². The van der Waals surface area contributed by atoms with Gasteiger partial charge in [-0.2, -0.15) is 0 Å². The molecule has 1 aliphatic carbocycles. The summed E-state index contributed by atoms with van der Waals surface area (Å²) < 4.78 is 5.75. The summed E-state index contributed by atoms with van der Waals surface area (Å²) >= 11 is 1.50. The molecule has 4 rings (SSSR count). The molecule has 7 nitrogen and oxygen atoms in total. The Hall–Kier alpha value is -3.26. The summed E-state index contributed by atoms with van der Waals surface area (Å²) in [6, 6.07) is 9.70. The minimum absolute atomic E-state index is 0.000571. The second-order valence-corrected chi connectivity index (χ2v) is 7.61. The first-order valence-electron chi connectivity index (χ1n) is 8.86. The van der Waals surface area contributed by atoms with Gasteiger partial charge in [0, 0.05) is 22.6 Å². The zero-order valence-corrected chi connectivity index (χ0v) is 15.7. The number of non-ortho nitro benzene ring substituents is 1. The number of fused-ring (bicyclic) bond motifs is 1. The van der Waals surface area contributed by atoms with Gasteiger partial charge in [-0.3, -0.25) is 14.9 Å². The minimum atomic E-state index is -0.455. The first kappa shape index (κ1) is 18.1. The number of nitro groups is 1. The van der Waals surface area contributed by atoms with Crippen molar-refractivity contribution < 1.29 is 14.1 Å². The molecule has 0 aliphatic heterocycles. The quantitative estimate of drug-likeness (QED) is 0.385. The Balaban J connectivity index is 1.62. The summed E-state index contributed by atoms with van der Waals surface area (Å²) in [5.41, 5.74) is 7.75. The smallest absolute Gasteiger partial charge is 0.270 e. The largest absolute Gasteiger partial charge is 0.455 e. The molecular weight excluding hydrogens is 378 g/mol. The third kappa shape index (κ3) is 3.46. The molecule has 142 valence electrons. The Morgan fingerprint density at radius 1 is 1.25 bits per heavy atom. The number of thiophene rings is 1. The first-order chi connectivity index (χ1) is 13.5. The molecule has 0 radical (unpaired) electrons. The van der Waals surface area contributed by atoms with Crippen molar-refractivity contribution in [1.82, 2.24) is 0 Å². The number of benzene rings is 1. The number of amides is 1. The van der Waals surface area contributed by atoms with Gasteiger partial charge in [0.15, 0.2) is 0 Å².